The Morgan fingerprint density at radius 3 is 1.38 bits per heavy atom. The van der Waals surface area contributed by atoms with Gasteiger partial charge in [-0.15, -0.1) is 0 Å². The van der Waals surface area contributed by atoms with Crippen molar-refractivity contribution >= 4 is 24.1 Å². The van der Waals surface area contributed by atoms with Crippen molar-refractivity contribution in [1.29, 1.82) is 0 Å². The lowest BCUT2D eigenvalue weighted by molar-refractivity contribution is -0.139. The van der Waals surface area contributed by atoms with E-state index in [1.54, 1.807) is 13.8 Å². The van der Waals surface area contributed by atoms with Gasteiger partial charge in [-0.05, 0) is 13.8 Å². The van der Waals surface area contributed by atoms with E-state index in [1.165, 1.54) is 0 Å². The normalized spacial score (nSPS) is 10.6. The number of rotatable bonds is 6. The summed E-state index contributed by atoms with van der Waals surface area (Å²) in [5.41, 5.74) is -0.531. The number of ether oxygens (including phenoxy) is 4. The highest BCUT2D eigenvalue weighted by Gasteiger charge is 2.14. The van der Waals surface area contributed by atoms with Crippen molar-refractivity contribution in [2.24, 2.45) is 0 Å². The number of hydrogen-bond acceptors (Lipinski definition) is 8. The second-order valence-electron chi connectivity index (χ2n) is 4.08. The Morgan fingerprint density at radius 2 is 1.12 bits per heavy atom. The van der Waals surface area contributed by atoms with E-state index >= 15 is 0 Å². The fourth-order valence-electron chi connectivity index (χ4n) is 1.26. The van der Waals surface area contributed by atoms with Crippen LogP contribution in [0.2, 0.25) is 0 Å². The molecule has 0 heterocycles. The van der Waals surface area contributed by atoms with Crippen molar-refractivity contribution in [3.63, 3.8) is 0 Å². The summed E-state index contributed by atoms with van der Waals surface area (Å²) in [4.78, 5) is 45.9. The summed E-state index contributed by atoms with van der Waals surface area (Å²) in [5.74, 6) is 3.18. The van der Waals surface area contributed by atoms with Crippen molar-refractivity contribution in [2.75, 3.05) is 27.4 Å². The van der Waals surface area contributed by atoms with E-state index in [9.17, 15) is 19.2 Å². The third kappa shape index (κ3) is 8.97. The summed E-state index contributed by atoms with van der Waals surface area (Å²) in [5, 5.41) is 4.29. The molecule has 142 valence electrons. The van der Waals surface area contributed by atoms with Crippen molar-refractivity contribution in [3.05, 3.63) is 23.5 Å². The summed E-state index contributed by atoms with van der Waals surface area (Å²) in [7, 11) is 2.24. The van der Waals surface area contributed by atoms with Gasteiger partial charge in [0.05, 0.1) is 27.4 Å². The number of amides is 2. The van der Waals surface area contributed by atoms with Crippen LogP contribution in [0.25, 0.3) is 0 Å². The maximum absolute atomic E-state index is 11.7. The van der Waals surface area contributed by atoms with Crippen molar-refractivity contribution < 1.29 is 38.1 Å². The van der Waals surface area contributed by atoms with Crippen molar-refractivity contribution in [3.8, 4) is 11.8 Å². The Bertz CT molecular complexity index is 601. The van der Waals surface area contributed by atoms with E-state index in [4.69, 9.17) is 9.47 Å². The molecular formula is C16H20N2O8. The topological polar surface area (TPSA) is 129 Å². The van der Waals surface area contributed by atoms with E-state index in [1.807, 2.05) is 0 Å². The molecule has 0 unspecified atom stereocenters. The molecule has 0 fully saturated rings. The van der Waals surface area contributed by atoms with Gasteiger partial charge >= 0.3 is 24.1 Å². The fraction of sp³-hybridized carbons (Fsp3) is 0.375. The molecule has 26 heavy (non-hydrogen) atoms. The number of allylic oxidation sites excluding steroid dienone is 2. The van der Waals surface area contributed by atoms with E-state index < -0.39 is 24.1 Å². The second-order valence-corrected chi connectivity index (χ2v) is 4.08. The zero-order valence-electron chi connectivity index (χ0n) is 14.8. The van der Waals surface area contributed by atoms with Crippen LogP contribution in [0.15, 0.2) is 23.5 Å². The highest BCUT2D eigenvalue weighted by Crippen LogP contribution is 1.97. The number of carbonyl (C=O) groups excluding carboxylic acids is 4. The number of methoxy groups -OCH3 is 2. The molecule has 10 heteroatoms. The first-order valence-corrected chi connectivity index (χ1v) is 7.35. The predicted molar refractivity (Wildman–Crippen MR) is 88.3 cm³/mol. The van der Waals surface area contributed by atoms with Crippen LogP contribution < -0.4 is 10.6 Å². The van der Waals surface area contributed by atoms with Gasteiger partial charge in [0, 0.05) is 12.2 Å². The molecule has 2 N–H and O–H groups in total. The fourth-order valence-corrected chi connectivity index (χ4v) is 1.26. The van der Waals surface area contributed by atoms with Gasteiger partial charge in [0.1, 0.15) is 11.4 Å². The van der Waals surface area contributed by atoms with Crippen LogP contribution in [-0.2, 0) is 28.5 Å². The lowest BCUT2D eigenvalue weighted by Crippen LogP contribution is -2.28. The first-order chi connectivity index (χ1) is 12.4. The van der Waals surface area contributed by atoms with Crippen molar-refractivity contribution in [2.45, 2.75) is 13.8 Å². The van der Waals surface area contributed by atoms with E-state index in [0.29, 0.717) is 0 Å². The van der Waals surface area contributed by atoms with Crippen LogP contribution in [0, 0.1) is 11.8 Å². The largest absolute Gasteiger partial charge is 0.461 e. The Hall–Kier alpha value is -3.48. The molecule has 0 aromatic heterocycles. The summed E-state index contributed by atoms with van der Waals surface area (Å²) in [6, 6.07) is 0. The molecule has 0 aromatic rings. The molecule has 2 amide bonds. The Kier molecular flexibility index (Phi) is 11.2. The standard InChI is InChI=1S/C16H20N2O8/c1-5-25-13(19)11(17-15(21)23-3)9-7-8-10-12(14(20)26-6-2)18-16(22)24-4/h9-10H,5-6H2,1-4H3,(H,17,21)(H,18,22)/b11-9-,12-10-. The number of carbonyl (C=O) groups is 4. The lowest BCUT2D eigenvalue weighted by Gasteiger charge is -2.06. The third-order valence-corrected chi connectivity index (χ3v) is 2.35. The van der Waals surface area contributed by atoms with Crippen LogP contribution in [-0.4, -0.2) is 51.6 Å². The van der Waals surface area contributed by atoms with E-state index in [0.717, 1.165) is 26.4 Å². The van der Waals surface area contributed by atoms with Crippen LogP contribution >= 0.6 is 0 Å². The molecule has 0 bridgehead atoms. The monoisotopic (exact) mass is 368 g/mol. The molecule has 0 aliphatic carbocycles. The predicted octanol–water partition coefficient (Wildman–Crippen LogP) is 0.596. The molecule has 0 rings (SSSR count). The lowest BCUT2D eigenvalue weighted by atomic mass is 10.3. The molecule has 0 radical (unpaired) electrons. The summed E-state index contributed by atoms with van der Waals surface area (Å²) < 4.78 is 18.3. The maximum Gasteiger partial charge on any atom is 0.411 e. The Morgan fingerprint density at radius 1 is 0.769 bits per heavy atom. The minimum Gasteiger partial charge on any atom is -0.461 e. The Labute approximate surface area is 150 Å². The molecule has 0 aliphatic heterocycles. The zero-order valence-corrected chi connectivity index (χ0v) is 14.8. The zero-order chi connectivity index (χ0) is 19.9. The minimum atomic E-state index is -0.888. The van der Waals surface area contributed by atoms with Gasteiger partial charge in [-0.2, -0.15) is 0 Å². The smallest absolute Gasteiger partial charge is 0.411 e. The third-order valence-electron chi connectivity index (χ3n) is 2.35. The first kappa shape index (κ1) is 22.5. The van der Waals surface area contributed by atoms with Crippen LogP contribution in [0.3, 0.4) is 0 Å². The number of nitrogens with one attached hydrogen (secondary N) is 2. The van der Waals surface area contributed by atoms with Gasteiger partial charge in [-0.3, -0.25) is 10.6 Å². The molecule has 0 atom stereocenters. The molecular weight excluding hydrogens is 348 g/mol. The van der Waals surface area contributed by atoms with Gasteiger partial charge in [0.25, 0.3) is 0 Å². The van der Waals surface area contributed by atoms with Gasteiger partial charge in [0.15, 0.2) is 0 Å². The summed E-state index contributed by atoms with van der Waals surface area (Å²) >= 11 is 0. The van der Waals surface area contributed by atoms with Crippen LogP contribution in [0.4, 0.5) is 9.59 Å². The number of alkyl carbamates (subject to hydrolysis) is 2. The SMILES string of the molecule is CCOC(=O)/C(=C/C#C/C=C(\NC(=O)OC)C(=O)OCC)NC(=O)OC. The molecule has 0 aliphatic rings. The molecule has 0 saturated carbocycles. The van der Waals surface area contributed by atoms with Gasteiger partial charge in [0.2, 0.25) is 0 Å². The van der Waals surface area contributed by atoms with Crippen molar-refractivity contribution in [1.82, 2.24) is 10.6 Å². The van der Waals surface area contributed by atoms with Crippen LogP contribution in [0.1, 0.15) is 13.8 Å². The van der Waals surface area contributed by atoms with E-state index in [2.05, 4.69) is 31.9 Å². The molecule has 0 aromatic carbocycles. The average molecular weight is 368 g/mol. The Balaban J connectivity index is 5.45. The highest BCUT2D eigenvalue weighted by atomic mass is 16.6. The van der Waals surface area contributed by atoms with E-state index in [-0.39, 0.29) is 24.6 Å². The second kappa shape index (κ2) is 12.9. The highest BCUT2D eigenvalue weighted by molar-refractivity contribution is 5.93. The molecule has 0 saturated heterocycles. The summed E-state index contributed by atoms with van der Waals surface area (Å²) in [6.07, 6.45) is 0.320. The van der Waals surface area contributed by atoms with Gasteiger partial charge < -0.3 is 18.9 Å². The first-order valence-electron chi connectivity index (χ1n) is 7.35. The molecule has 0 spiro atoms. The van der Waals surface area contributed by atoms with Gasteiger partial charge in [-0.25, -0.2) is 19.2 Å². The van der Waals surface area contributed by atoms with Crippen LogP contribution in [0.5, 0.6) is 0 Å². The summed E-state index contributed by atoms with van der Waals surface area (Å²) in [6.45, 7) is 3.35. The average Bonchev–Trinajstić information content (AvgIpc) is 2.62. The number of hydrogen-bond donors (Lipinski definition) is 2. The maximum atomic E-state index is 11.7. The number of esters is 2. The van der Waals surface area contributed by atoms with Gasteiger partial charge in [-0.1, -0.05) is 11.8 Å². The molecule has 10 nitrogen and oxygen atoms in total. The minimum absolute atomic E-state index is 0.0857. The quantitative estimate of drug-likeness (QED) is 0.302.